The smallest absolute Gasteiger partial charge is 0.348 e. The average molecular weight is 314 g/mol. The van der Waals surface area contributed by atoms with Crippen LogP contribution in [0, 0.1) is 6.92 Å². The summed E-state index contributed by atoms with van der Waals surface area (Å²) in [6, 6.07) is 0. The van der Waals surface area contributed by atoms with E-state index in [-0.39, 0.29) is 17.3 Å². The van der Waals surface area contributed by atoms with Crippen LogP contribution in [0.3, 0.4) is 0 Å². The number of likely N-dealkylation sites (tertiary alicyclic amines) is 1. The molecule has 7 heteroatoms. The lowest BCUT2D eigenvalue weighted by atomic mass is 9.96. The summed E-state index contributed by atoms with van der Waals surface area (Å²) in [6.45, 7) is 4.57. The van der Waals surface area contributed by atoms with Crippen LogP contribution in [-0.4, -0.2) is 47.2 Å². The van der Waals surface area contributed by atoms with Gasteiger partial charge in [0.15, 0.2) is 0 Å². The first-order chi connectivity index (χ1) is 9.78. The number of hydrogen-bond acceptors (Lipinski definition) is 4. The molecule has 116 valence electrons. The number of carbonyl (C=O) groups is 2. The highest BCUT2D eigenvalue weighted by molar-refractivity contribution is 7.12. The highest BCUT2D eigenvalue weighted by Gasteiger charge is 2.30. The van der Waals surface area contributed by atoms with Crippen molar-refractivity contribution in [1.29, 1.82) is 0 Å². The maximum absolute atomic E-state index is 13.7. The van der Waals surface area contributed by atoms with Crippen LogP contribution in [0.1, 0.15) is 35.0 Å². The topological polar surface area (TPSA) is 69.6 Å². The first kappa shape index (κ1) is 15.9. The van der Waals surface area contributed by atoms with Crippen molar-refractivity contribution in [3.63, 3.8) is 0 Å². The zero-order valence-electron chi connectivity index (χ0n) is 12.1. The zero-order chi connectivity index (χ0) is 15.6. The summed E-state index contributed by atoms with van der Waals surface area (Å²) in [5, 5.41) is 13.4. The van der Waals surface area contributed by atoms with E-state index in [1.165, 1.54) is 0 Å². The Labute approximate surface area is 126 Å². The van der Waals surface area contributed by atoms with Gasteiger partial charge in [-0.3, -0.25) is 9.69 Å². The van der Waals surface area contributed by atoms with Gasteiger partial charge in [-0.25, -0.2) is 9.18 Å². The molecule has 1 amide bonds. The van der Waals surface area contributed by atoms with E-state index in [2.05, 4.69) is 5.32 Å². The zero-order valence-corrected chi connectivity index (χ0v) is 12.9. The predicted octanol–water partition coefficient (Wildman–Crippen LogP) is 2.52. The van der Waals surface area contributed by atoms with E-state index in [9.17, 15) is 14.0 Å². The van der Waals surface area contributed by atoms with Gasteiger partial charge in [0.1, 0.15) is 10.5 Å². The van der Waals surface area contributed by atoms with E-state index in [1.54, 1.807) is 19.2 Å². The van der Waals surface area contributed by atoms with Gasteiger partial charge >= 0.3 is 5.97 Å². The first-order valence-corrected chi connectivity index (χ1v) is 7.69. The molecule has 2 rings (SSSR count). The van der Waals surface area contributed by atoms with Gasteiger partial charge in [0.2, 0.25) is 5.91 Å². The van der Waals surface area contributed by atoms with Gasteiger partial charge in [-0.2, -0.15) is 0 Å². The molecular weight excluding hydrogens is 295 g/mol. The van der Waals surface area contributed by atoms with Crippen LogP contribution in [-0.2, 0) is 4.79 Å². The molecule has 2 heterocycles. The number of carboxylic acid groups (broad SMARTS) is 1. The van der Waals surface area contributed by atoms with Crippen molar-refractivity contribution < 1.29 is 19.1 Å². The lowest BCUT2D eigenvalue weighted by molar-refractivity contribution is -0.118. The standard InChI is InChI=1S/C14H19FN2O3S/c1-9-8-21-12(13(19)20)11(9)16-10(18)7-17-5-3-14(2,15)4-6-17/h8H,3-7H2,1-2H3,(H,16,18)(H,19,20). The minimum Gasteiger partial charge on any atom is -0.477 e. The van der Waals surface area contributed by atoms with Gasteiger partial charge in [-0.15, -0.1) is 11.3 Å². The highest BCUT2D eigenvalue weighted by Crippen LogP contribution is 2.28. The van der Waals surface area contributed by atoms with Crippen LogP contribution < -0.4 is 5.32 Å². The Balaban J connectivity index is 1.94. The number of amides is 1. The van der Waals surface area contributed by atoms with E-state index in [0.717, 1.165) is 16.9 Å². The fourth-order valence-corrected chi connectivity index (χ4v) is 3.16. The van der Waals surface area contributed by atoms with Gasteiger partial charge in [-0.1, -0.05) is 0 Å². The number of hydrogen-bond donors (Lipinski definition) is 2. The second-order valence-electron chi connectivity index (χ2n) is 5.67. The van der Waals surface area contributed by atoms with Crippen LogP contribution in [0.2, 0.25) is 0 Å². The fourth-order valence-electron chi connectivity index (χ4n) is 2.32. The van der Waals surface area contributed by atoms with Crippen molar-refractivity contribution in [2.24, 2.45) is 0 Å². The van der Waals surface area contributed by atoms with Crippen LogP contribution in [0.25, 0.3) is 0 Å². The number of nitrogens with zero attached hydrogens (tertiary/aromatic N) is 1. The molecule has 0 unspecified atom stereocenters. The summed E-state index contributed by atoms with van der Waals surface area (Å²) in [5.41, 5.74) is -0.0431. The third-order valence-electron chi connectivity index (χ3n) is 3.70. The Morgan fingerprint density at radius 2 is 2.10 bits per heavy atom. The van der Waals surface area contributed by atoms with Crippen LogP contribution >= 0.6 is 11.3 Å². The molecule has 0 radical (unpaired) electrons. The number of carboxylic acids is 1. The molecule has 0 spiro atoms. The second kappa shape index (κ2) is 6.11. The van der Waals surface area contributed by atoms with E-state index in [1.807, 2.05) is 4.90 Å². The largest absolute Gasteiger partial charge is 0.477 e. The fraction of sp³-hybridized carbons (Fsp3) is 0.571. The maximum atomic E-state index is 13.7. The third kappa shape index (κ3) is 4.01. The number of alkyl halides is 1. The van der Waals surface area contributed by atoms with Gasteiger partial charge in [0, 0.05) is 13.1 Å². The molecule has 1 saturated heterocycles. The molecule has 1 fully saturated rings. The predicted molar refractivity (Wildman–Crippen MR) is 79.8 cm³/mol. The van der Waals surface area contributed by atoms with Crippen molar-refractivity contribution in [3.05, 3.63) is 15.8 Å². The van der Waals surface area contributed by atoms with Crippen molar-refractivity contribution in [2.45, 2.75) is 32.4 Å². The number of aromatic carboxylic acids is 1. The van der Waals surface area contributed by atoms with E-state index >= 15 is 0 Å². The Bertz CT molecular complexity index is 546. The summed E-state index contributed by atoms with van der Waals surface area (Å²) in [7, 11) is 0. The molecule has 0 aliphatic carbocycles. The summed E-state index contributed by atoms with van der Waals surface area (Å²) in [6.07, 6.45) is 0.830. The quantitative estimate of drug-likeness (QED) is 0.896. The normalized spacial score (nSPS) is 18.4. The number of aryl methyl sites for hydroxylation is 1. The molecule has 0 bridgehead atoms. The summed E-state index contributed by atoms with van der Waals surface area (Å²) in [5.74, 6) is -1.31. The van der Waals surface area contributed by atoms with Crippen LogP contribution in [0.15, 0.2) is 5.38 Å². The number of rotatable bonds is 4. The SMILES string of the molecule is Cc1csc(C(=O)O)c1NC(=O)CN1CCC(C)(F)CC1. The Morgan fingerprint density at radius 1 is 1.48 bits per heavy atom. The Kier molecular flexibility index (Phi) is 4.63. The van der Waals surface area contributed by atoms with Gasteiger partial charge in [0.25, 0.3) is 0 Å². The number of piperidine rings is 1. The van der Waals surface area contributed by atoms with E-state index in [4.69, 9.17) is 5.11 Å². The monoisotopic (exact) mass is 314 g/mol. The van der Waals surface area contributed by atoms with Crippen molar-refractivity contribution in [3.8, 4) is 0 Å². The summed E-state index contributed by atoms with van der Waals surface area (Å²) >= 11 is 1.09. The average Bonchev–Trinajstić information content (AvgIpc) is 2.74. The summed E-state index contributed by atoms with van der Waals surface area (Å²) in [4.78, 5) is 25.1. The molecule has 1 aromatic heterocycles. The number of anilines is 1. The minimum absolute atomic E-state index is 0.135. The Morgan fingerprint density at radius 3 is 2.67 bits per heavy atom. The molecule has 2 N–H and O–H groups in total. The van der Waals surface area contributed by atoms with Gasteiger partial charge in [0.05, 0.1) is 12.2 Å². The second-order valence-corrected chi connectivity index (χ2v) is 6.55. The number of halogens is 1. The lowest BCUT2D eigenvalue weighted by Gasteiger charge is -2.33. The molecule has 0 saturated carbocycles. The van der Waals surface area contributed by atoms with Crippen molar-refractivity contribution >= 4 is 28.9 Å². The summed E-state index contributed by atoms with van der Waals surface area (Å²) < 4.78 is 13.7. The molecule has 1 aromatic rings. The maximum Gasteiger partial charge on any atom is 0.348 e. The van der Waals surface area contributed by atoms with Gasteiger partial charge < -0.3 is 10.4 Å². The van der Waals surface area contributed by atoms with Crippen molar-refractivity contribution in [1.82, 2.24) is 4.90 Å². The van der Waals surface area contributed by atoms with Crippen molar-refractivity contribution in [2.75, 3.05) is 25.0 Å². The van der Waals surface area contributed by atoms with Crippen LogP contribution in [0.4, 0.5) is 10.1 Å². The minimum atomic E-state index is -1.15. The Hall–Kier alpha value is -1.47. The highest BCUT2D eigenvalue weighted by atomic mass is 32.1. The number of nitrogens with one attached hydrogen (secondary N) is 1. The molecule has 0 atom stereocenters. The number of thiophene rings is 1. The molecule has 1 aliphatic heterocycles. The third-order valence-corrected chi connectivity index (χ3v) is 4.79. The first-order valence-electron chi connectivity index (χ1n) is 6.81. The number of carbonyl (C=O) groups excluding carboxylic acids is 1. The molecule has 21 heavy (non-hydrogen) atoms. The van der Waals surface area contributed by atoms with E-state index in [0.29, 0.717) is 31.6 Å². The van der Waals surface area contributed by atoms with E-state index < -0.39 is 11.6 Å². The molecule has 5 nitrogen and oxygen atoms in total. The van der Waals surface area contributed by atoms with Crippen LogP contribution in [0.5, 0.6) is 0 Å². The molecule has 1 aliphatic rings. The molecular formula is C14H19FN2O3S. The van der Waals surface area contributed by atoms with Gasteiger partial charge in [-0.05, 0) is 37.6 Å². The lowest BCUT2D eigenvalue weighted by Crippen LogP contribution is -2.43. The molecule has 0 aromatic carbocycles.